The van der Waals surface area contributed by atoms with E-state index >= 15 is 0 Å². The van der Waals surface area contributed by atoms with Crippen LogP contribution in [0.1, 0.15) is 31.4 Å². The molecule has 0 bridgehead atoms. The lowest BCUT2D eigenvalue weighted by Gasteiger charge is -2.18. The van der Waals surface area contributed by atoms with Gasteiger partial charge in [0.25, 0.3) is 0 Å². The minimum Gasteiger partial charge on any atom is -0.496 e. The number of nitrogens with two attached hydrogens (primary N) is 1. The van der Waals surface area contributed by atoms with Gasteiger partial charge in [0.05, 0.1) is 13.2 Å². The summed E-state index contributed by atoms with van der Waals surface area (Å²) in [6.07, 6.45) is 0.891. The summed E-state index contributed by atoms with van der Waals surface area (Å²) in [7, 11) is 1.63. The fraction of sp³-hybridized carbons (Fsp3) is 0.533. The van der Waals surface area contributed by atoms with Crippen molar-refractivity contribution in [1.29, 1.82) is 0 Å². The van der Waals surface area contributed by atoms with Crippen molar-refractivity contribution in [2.24, 2.45) is 11.7 Å². The van der Waals surface area contributed by atoms with E-state index in [4.69, 9.17) is 10.5 Å². The molecule has 0 aliphatic rings. The lowest BCUT2D eigenvalue weighted by molar-refractivity contribution is -0.123. The molecule has 0 saturated carbocycles. The predicted octanol–water partition coefficient (Wildman–Crippen LogP) is 1.99. The molecule has 4 heteroatoms. The van der Waals surface area contributed by atoms with Crippen LogP contribution in [0.2, 0.25) is 0 Å². The smallest absolute Gasteiger partial charge is 0.237 e. The van der Waals surface area contributed by atoms with Gasteiger partial charge in [0.1, 0.15) is 5.75 Å². The second-order valence-electron chi connectivity index (χ2n) is 4.94. The van der Waals surface area contributed by atoms with Crippen LogP contribution in [0.5, 0.6) is 5.75 Å². The zero-order valence-corrected chi connectivity index (χ0v) is 12.2. The van der Waals surface area contributed by atoms with Gasteiger partial charge >= 0.3 is 0 Å². The molecule has 3 N–H and O–H groups in total. The van der Waals surface area contributed by atoms with Gasteiger partial charge in [0.2, 0.25) is 5.91 Å². The highest BCUT2D eigenvalue weighted by Gasteiger charge is 2.19. The zero-order valence-electron chi connectivity index (χ0n) is 12.2. The van der Waals surface area contributed by atoms with Crippen LogP contribution in [0.15, 0.2) is 18.2 Å². The van der Waals surface area contributed by atoms with Gasteiger partial charge < -0.3 is 15.8 Å². The maximum Gasteiger partial charge on any atom is 0.237 e. The number of nitrogens with one attached hydrogen (secondary N) is 1. The van der Waals surface area contributed by atoms with Crippen LogP contribution >= 0.6 is 0 Å². The van der Waals surface area contributed by atoms with Gasteiger partial charge in [-0.2, -0.15) is 0 Å². The average molecular weight is 264 g/mol. The molecule has 2 unspecified atom stereocenters. The molecule has 1 aromatic carbocycles. The molecule has 1 aromatic rings. The Morgan fingerprint density at radius 2 is 2.16 bits per heavy atom. The maximum atomic E-state index is 11.9. The molecule has 0 heterocycles. The standard InChI is InChI=1S/C15H24N2O2/c1-5-11(3)14(16)15(18)17-9-12-7-6-10(2)8-13(12)19-4/h6-8,11,14H,5,9,16H2,1-4H3,(H,17,18). The molecular formula is C15H24N2O2. The second kappa shape index (κ2) is 7.14. The van der Waals surface area contributed by atoms with Crippen molar-refractivity contribution < 1.29 is 9.53 Å². The SMILES string of the molecule is CCC(C)C(N)C(=O)NCc1ccc(C)cc1OC. The number of carbonyl (C=O) groups excluding carboxylic acids is 1. The Hall–Kier alpha value is -1.55. The molecule has 0 spiro atoms. The topological polar surface area (TPSA) is 64.4 Å². The van der Waals surface area contributed by atoms with Crippen molar-refractivity contribution in [1.82, 2.24) is 5.32 Å². The third-order valence-corrected chi connectivity index (χ3v) is 3.46. The number of benzene rings is 1. The number of amides is 1. The van der Waals surface area contributed by atoms with Crippen molar-refractivity contribution in [3.8, 4) is 5.75 Å². The van der Waals surface area contributed by atoms with Crippen LogP contribution in [-0.2, 0) is 11.3 Å². The number of hydrogen-bond acceptors (Lipinski definition) is 3. The molecule has 1 amide bonds. The van der Waals surface area contributed by atoms with Crippen molar-refractivity contribution >= 4 is 5.91 Å². The Balaban J connectivity index is 2.64. The normalized spacial score (nSPS) is 13.7. The maximum absolute atomic E-state index is 11.9. The summed E-state index contributed by atoms with van der Waals surface area (Å²) >= 11 is 0. The lowest BCUT2D eigenvalue weighted by atomic mass is 9.99. The van der Waals surface area contributed by atoms with Crippen molar-refractivity contribution in [3.05, 3.63) is 29.3 Å². The number of carbonyl (C=O) groups is 1. The number of aryl methyl sites for hydroxylation is 1. The molecule has 2 atom stereocenters. The summed E-state index contributed by atoms with van der Waals surface area (Å²) < 4.78 is 5.31. The third kappa shape index (κ3) is 4.24. The third-order valence-electron chi connectivity index (χ3n) is 3.46. The Morgan fingerprint density at radius 1 is 1.47 bits per heavy atom. The van der Waals surface area contributed by atoms with Crippen molar-refractivity contribution in [2.45, 2.75) is 39.8 Å². The Labute approximate surface area is 115 Å². The summed E-state index contributed by atoms with van der Waals surface area (Å²) in [5, 5.41) is 2.86. The first-order chi connectivity index (χ1) is 8.99. The van der Waals surface area contributed by atoms with Crippen molar-refractivity contribution in [2.75, 3.05) is 7.11 Å². The van der Waals surface area contributed by atoms with E-state index in [2.05, 4.69) is 5.32 Å². The van der Waals surface area contributed by atoms with Gasteiger partial charge in [-0.25, -0.2) is 0 Å². The first-order valence-electron chi connectivity index (χ1n) is 6.66. The van der Waals surface area contributed by atoms with E-state index in [1.54, 1.807) is 7.11 Å². The van der Waals surface area contributed by atoms with E-state index in [1.165, 1.54) is 0 Å². The number of hydrogen-bond donors (Lipinski definition) is 2. The van der Waals surface area contributed by atoms with E-state index in [0.29, 0.717) is 6.54 Å². The first-order valence-corrected chi connectivity index (χ1v) is 6.66. The van der Waals surface area contributed by atoms with Crippen LogP contribution in [0.4, 0.5) is 0 Å². The van der Waals surface area contributed by atoms with E-state index < -0.39 is 6.04 Å². The molecular weight excluding hydrogens is 240 g/mol. The van der Waals surface area contributed by atoms with Crippen LogP contribution < -0.4 is 15.8 Å². The molecule has 0 fully saturated rings. The predicted molar refractivity (Wildman–Crippen MR) is 77.0 cm³/mol. The lowest BCUT2D eigenvalue weighted by Crippen LogP contribution is -2.44. The summed E-state index contributed by atoms with van der Waals surface area (Å²) in [6, 6.07) is 5.46. The number of ether oxygens (including phenoxy) is 1. The van der Waals surface area contributed by atoms with E-state index in [9.17, 15) is 4.79 Å². The van der Waals surface area contributed by atoms with Gasteiger partial charge in [-0.3, -0.25) is 4.79 Å². The highest BCUT2D eigenvalue weighted by molar-refractivity contribution is 5.81. The zero-order chi connectivity index (χ0) is 14.4. The van der Waals surface area contributed by atoms with Crippen LogP contribution in [0.3, 0.4) is 0 Å². The average Bonchev–Trinajstić information content (AvgIpc) is 2.43. The molecule has 0 radical (unpaired) electrons. The summed E-state index contributed by atoms with van der Waals surface area (Å²) in [5.74, 6) is 0.856. The molecule has 0 aliphatic heterocycles. The van der Waals surface area contributed by atoms with E-state index in [-0.39, 0.29) is 11.8 Å². The van der Waals surface area contributed by atoms with Gasteiger partial charge in [-0.1, -0.05) is 32.4 Å². The molecule has 19 heavy (non-hydrogen) atoms. The highest BCUT2D eigenvalue weighted by Crippen LogP contribution is 2.19. The Kier molecular flexibility index (Phi) is 5.83. The molecule has 1 rings (SSSR count). The Morgan fingerprint density at radius 3 is 2.74 bits per heavy atom. The fourth-order valence-electron chi connectivity index (χ4n) is 1.81. The molecule has 0 saturated heterocycles. The molecule has 106 valence electrons. The second-order valence-corrected chi connectivity index (χ2v) is 4.94. The van der Waals surface area contributed by atoms with Crippen LogP contribution in [0.25, 0.3) is 0 Å². The van der Waals surface area contributed by atoms with E-state index in [0.717, 1.165) is 23.3 Å². The van der Waals surface area contributed by atoms with Gasteiger partial charge in [0, 0.05) is 12.1 Å². The summed E-state index contributed by atoms with van der Waals surface area (Å²) in [6.45, 7) is 6.45. The van der Waals surface area contributed by atoms with Gasteiger partial charge in [0.15, 0.2) is 0 Å². The monoisotopic (exact) mass is 264 g/mol. The van der Waals surface area contributed by atoms with Gasteiger partial charge in [-0.15, -0.1) is 0 Å². The van der Waals surface area contributed by atoms with Crippen LogP contribution in [-0.4, -0.2) is 19.1 Å². The quantitative estimate of drug-likeness (QED) is 0.826. The molecule has 0 aliphatic carbocycles. The number of rotatable bonds is 6. The summed E-state index contributed by atoms with van der Waals surface area (Å²) in [4.78, 5) is 11.9. The molecule has 4 nitrogen and oxygen atoms in total. The Bertz CT molecular complexity index is 432. The van der Waals surface area contributed by atoms with Gasteiger partial charge in [-0.05, 0) is 24.5 Å². The first kappa shape index (κ1) is 15.5. The minimum absolute atomic E-state index is 0.114. The van der Waals surface area contributed by atoms with Crippen LogP contribution in [0, 0.1) is 12.8 Å². The fourth-order valence-corrected chi connectivity index (χ4v) is 1.81. The molecule has 0 aromatic heterocycles. The largest absolute Gasteiger partial charge is 0.496 e. The van der Waals surface area contributed by atoms with E-state index in [1.807, 2.05) is 39.0 Å². The summed E-state index contributed by atoms with van der Waals surface area (Å²) in [5.41, 5.74) is 7.97. The number of methoxy groups -OCH3 is 1. The minimum atomic E-state index is -0.457. The van der Waals surface area contributed by atoms with Crippen molar-refractivity contribution in [3.63, 3.8) is 0 Å². The highest BCUT2D eigenvalue weighted by atomic mass is 16.5.